The molecular formula is C28H43N7O8. The van der Waals surface area contributed by atoms with Crippen molar-refractivity contribution in [1.29, 1.82) is 0 Å². The molecule has 1 aliphatic rings. The molecule has 2 rings (SSSR count). The Balaban J connectivity index is 2.26. The van der Waals surface area contributed by atoms with E-state index in [0.29, 0.717) is 25.7 Å². The minimum Gasteiger partial charge on any atom is -0.508 e. The molecule has 15 heteroatoms. The molecule has 1 saturated heterocycles. The zero-order valence-corrected chi connectivity index (χ0v) is 24.7. The molecule has 0 radical (unpaired) electrons. The van der Waals surface area contributed by atoms with E-state index in [1.165, 1.54) is 11.0 Å². The summed E-state index contributed by atoms with van der Waals surface area (Å²) in [5.74, 6) is -4.91. The Hall–Kier alpha value is -4.56. The number of carbonyl (C=O) groups is 5. The number of aliphatic imine (C=N–C) groups is 1. The lowest BCUT2D eigenvalue weighted by molar-refractivity contribution is -0.143. The number of phenolic OH excluding ortho intramolecular Hbond substituents is 2. The van der Waals surface area contributed by atoms with E-state index in [0.717, 1.165) is 12.1 Å². The number of nitrogens with two attached hydrogens (primary N) is 2. The predicted octanol–water partition coefficient (Wildman–Crippen LogP) is -0.249. The van der Waals surface area contributed by atoms with Gasteiger partial charge in [0.2, 0.25) is 17.7 Å². The minimum absolute atomic E-state index is 0.0945. The summed E-state index contributed by atoms with van der Waals surface area (Å²) in [6.07, 6.45) is 1.86. The summed E-state index contributed by atoms with van der Waals surface area (Å²) in [6.45, 7) is 5.59. The zero-order valence-electron chi connectivity index (χ0n) is 24.7. The summed E-state index contributed by atoms with van der Waals surface area (Å²) < 4.78 is 0. The van der Waals surface area contributed by atoms with Gasteiger partial charge in [-0.2, -0.15) is 0 Å². The Kier molecular flexibility index (Phi) is 13.0. The number of carboxylic acid groups (broad SMARTS) is 1. The van der Waals surface area contributed by atoms with E-state index < -0.39 is 59.5 Å². The highest BCUT2D eigenvalue weighted by Gasteiger charge is 2.40. The molecule has 0 unspecified atom stereocenters. The molecule has 10 N–H and O–H groups in total. The lowest BCUT2D eigenvalue weighted by atomic mass is 9.97. The number of aliphatic carboxylic acids is 1. The van der Waals surface area contributed by atoms with Crippen molar-refractivity contribution in [2.75, 3.05) is 13.1 Å². The van der Waals surface area contributed by atoms with Crippen LogP contribution in [-0.2, 0) is 19.2 Å². The Morgan fingerprint density at radius 2 is 1.74 bits per heavy atom. The lowest BCUT2D eigenvalue weighted by Gasteiger charge is -2.31. The number of benzene rings is 1. The molecule has 1 fully saturated rings. The van der Waals surface area contributed by atoms with Crippen LogP contribution in [0.4, 0.5) is 0 Å². The van der Waals surface area contributed by atoms with E-state index in [1.54, 1.807) is 13.8 Å². The number of nitrogens with one attached hydrogen (secondary N) is 3. The Labute approximate surface area is 250 Å². The van der Waals surface area contributed by atoms with Crippen molar-refractivity contribution < 1.29 is 39.3 Å². The van der Waals surface area contributed by atoms with Gasteiger partial charge in [-0.15, -0.1) is 0 Å². The highest BCUT2D eigenvalue weighted by Crippen LogP contribution is 2.24. The van der Waals surface area contributed by atoms with Crippen molar-refractivity contribution in [2.45, 2.75) is 83.5 Å². The number of amides is 4. The van der Waals surface area contributed by atoms with E-state index in [9.17, 15) is 39.3 Å². The van der Waals surface area contributed by atoms with Crippen LogP contribution in [0.1, 0.15) is 69.7 Å². The molecule has 0 aliphatic carbocycles. The fraction of sp³-hybridized carbons (Fsp3) is 0.571. The predicted molar refractivity (Wildman–Crippen MR) is 157 cm³/mol. The number of rotatable bonds is 15. The molecule has 1 aromatic carbocycles. The van der Waals surface area contributed by atoms with Crippen LogP contribution in [-0.4, -0.2) is 93.0 Å². The molecule has 0 saturated carbocycles. The summed E-state index contributed by atoms with van der Waals surface area (Å²) in [7, 11) is 0. The number of hydrogen-bond acceptors (Lipinski definition) is 8. The summed E-state index contributed by atoms with van der Waals surface area (Å²) >= 11 is 0. The summed E-state index contributed by atoms with van der Waals surface area (Å²) in [5, 5.41) is 37.0. The van der Waals surface area contributed by atoms with Gasteiger partial charge in [0.1, 0.15) is 35.7 Å². The highest BCUT2D eigenvalue weighted by molar-refractivity contribution is 6.01. The molecule has 1 heterocycles. The van der Waals surface area contributed by atoms with Gasteiger partial charge in [-0.1, -0.05) is 27.2 Å². The van der Waals surface area contributed by atoms with Crippen LogP contribution >= 0.6 is 0 Å². The number of hydrogen-bond donors (Lipinski definition) is 8. The molecule has 1 aliphatic heterocycles. The van der Waals surface area contributed by atoms with Gasteiger partial charge >= 0.3 is 5.97 Å². The average Bonchev–Trinajstić information content (AvgIpc) is 3.46. The quantitative estimate of drug-likeness (QED) is 0.0563. The van der Waals surface area contributed by atoms with Gasteiger partial charge in [-0.25, -0.2) is 4.79 Å². The zero-order chi connectivity index (χ0) is 32.3. The molecule has 5 atom stereocenters. The number of carbonyl (C=O) groups excluding carboxylic acids is 4. The smallest absolute Gasteiger partial charge is 0.326 e. The number of guanidine groups is 1. The number of likely N-dealkylation sites (tertiary alicyclic amines) is 1. The first-order valence-electron chi connectivity index (χ1n) is 14.3. The van der Waals surface area contributed by atoms with E-state index in [2.05, 4.69) is 20.9 Å². The standard InChI is InChI=1S/C28H43N7O8/c1-4-15(3)22(25(40)32-18(5-2)27(42)43)34-24(39)20-9-7-13-35(20)26(41)19(8-6-12-31-28(29)30)33-23(38)17-14-16(36)10-11-21(17)37/h10-11,14-15,18-20,22,36-37H,4-9,12-13H2,1-3H3,(H,32,40)(H,33,38)(H,34,39)(H,42,43)(H4,29,30,31)/t15-,18-,19+,20-,22+/m0/s1. The average molecular weight is 606 g/mol. The summed E-state index contributed by atoms with van der Waals surface area (Å²) in [6, 6.07) is -0.823. The molecule has 238 valence electrons. The van der Waals surface area contributed by atoms with E-state index in [-0.39, 0.29) is 49.1 Å². The largest absolute Gasteiger partial charge is 0.508 e. The van der Waals surface area contributed by atoms with Crippen molar-refractivity contribution in [1.82, 2.24) is 20.9 Å². The topological polar surface area (TPSA) is 250 Å². The molecule has 0 aromatic heterocycles. The van der Waals surface area contributed by atoms with Crippen LogP contribution < -0.4 is 27.4 Å². The SMILES string of the molecule is CC[C@H](NC(=O)[C@H](NC(=O)[C@@H]1CCCN1C(=O)[C@@H](CCCN=C(N)N)NC(=O)c1cc(O)ccc1O)[C@@H](C)CC)C(=O)O. The third-order valence-electron chi connectivity index (χ3n) is 7.43. The third kappa shape index (κ3) is 9.75. The van der Waals surface area contributed by atoms with Crippen molar-refractivity contribution in [3.05, 3.63) is 23.8 Å². The van der Waals surface area contributed by atoms with E-state index in [4.69, 9.17) is 11.5 Å². The third-order valence-corrected chi connectivity index (χ3v) is 7.43. The van der Waals surface area contributed by atoms with Crippen LogP contribution in [0.15, 0.2) is 23.2 Å². The second kappa shape index (κ2) is 16.2. The molecule has 0 spiro atoms. The lowest BCUT2D eigenvalue weighted by Crippen LogP contribution is -2.58. The van der Waals surface area contributed by atoms with Crippen molar-refractivity contribution in [2.24, 2.45) is 22.4 Å². The van der Waals surface area contributed by atoms with Crippen LogP contribution in [0, 0.1) is 5.92 Å². The van der Waals surface area contributed by atoms with E-state index >= 15 is 0 Å². The van der Waals surface area contributed by atoms with Gasteiger partial charge in [0, 0.05) is 13.1 Å². The van der Waals surface area contributed by atoms with Crippen molar-refractivity contribution >= 4 is 35.6 Å². The van der Waals surface area contributed by atoms with Gasteiger partial charge in [0.25, 0.3) is 5.91 Å². The molecule has 0 bridgehead atoms. The molecule has 15 nitrogen and oxygen atoms in total. The van der Waals surface area contributed by atoms with Crippen molar-refractivity contribution in [3.63, 3.8) is 0 Å². The second-order valence-corrected chi connectivity index (χ2v) is 10.5. The maximum Gasteiger partial charge on any atom is 0.326 e. The van der Waals surface area contributed by atoms with Gasteiger partial charge in [0.15, 0.2) is 5.96 Å². The van der Waals surface area contributed by atoms with Crippen LogP contribution in [0.2, 0.25) is 0 Å². The number of nitrogens with zero attached hydrogens (tertiary/aromatic N) is 2. The first kappa shape index (κ1) is 34.6. The summed E-state index contributed by atoms with van der Waals surface area (Å²) in [4.78, 5) is 69.9. The number of carboxylic acids is 1. The van der Waals surface area contributed by atoms with Gasteiger partial charge in [0.05, 0.1) is 5.56 Å². The fourth-order valence-electron chi connectivity index (χ4n) is 4.76. The van der Waals surface area contributed by atoms with Crippen LogP contribution in [0.5, 0.6) is 11.5 Å². The normalized spacial score (nSPS) is 17.2. The first-order chi connectivity index (χ1) is 20.3. The molecule has 43 heavy (non-hydrogen) atoms. The van der Waals surface area contributed by atoms with Gasteiger partial charge in [-0.05, 0) is 56.2 Å². The number of aromatic hydroxyl groups is 2. The van der Waals surface area contributed by atoms with E-state index in [1.807, 2.05) is 6.92 Å². The maximum atomic E-state index is 13.8. The van der Waals surface area contributed by atoms with Crippen molar-refractivity contribution in [3.8, 4) is 11.5 Å². The maximum absolute atomic E-state index is 13.8. The highest BCUT2D eigenvalue weighted by atomic mass is 16.4. The molecule has 4 amide bonds. The molecular weight excluding hydrogens is 562 g/mol. The van der Waals surface area contributed by atoms with Crippen LogP contribution in [0.3, 0.4) is 0 Å². The van der Waals surface area contributed by atoms with Crippen LogP contribution in [0.25, 0.3) is 0 Å². The minimum atomic E-state index is -1.19. The number of phenols is 2. The fourth-order valence-corrected chi connectivity index (χ4v) is 4.76. The summed E-state index contributed by atoms with van der Waals surface area (Å²) in [5.41, 5.74) is 10.5. The van der Waals surface area contributed by atoms with Gasteiger partial charge < -0.3 is 47.6 Å². The second-order valence-electron chi connectivity index (χ2n) is 10.5. The molecule has 1 aromatic rings. The Bertz CT molecular complexity index is 1200. The first-order valence-corrected chi connectivity index (χ1v) is 14.3. The van der Waals surface area contributed by atoms with Gasteiger partial charge in [-0.3, -0.25) is 24.2 Å². The monoisotopic (exact) mass is 605 g/mol. The Morgan fingerprint density at radius 3 is 2.35 bits per heavy atom. The Morgan fingerprint density at radius 1 is 1.05 bits per heavy atom.